The predicted molar refractivity (Wildman–Crippen MR) is 166 cm³/mol. The molecule has 0 spiro atoms. The van der Waals surface area contributed by atoms with Crippen molar-refractivity contribution in [2.24, 2.45) is 11.8 Å². The molecule has 0 N–H and O–H groups in total. The SMILES string of the molecule is COC(=O)C1=CO[C@@H](O[C@@H]2O[C@H](COC(=O)/C=C\c3ccc(OC(C)=O)cc3)[C@@H](OC(C)=O)[C@H](OC(C)=O)[C@H]2OC(C)=O)[C@H]2[C@@H]1CC(=O)O[C@@H]2C. The Balaban J connectivity index is 1.61. The average Bonchev–Trinajstić information content (AvgIpc) is 3.04. The van der Waals surface area contributed by atoms with E-state index in [-0.39, 0.29) is 12.0 Å². The normalized spacial score (nSPS) is 28.5. The number of cyclic esters (lactones) is 1. The number of esters is 7. The summed E-state index contributed by atoms with van der Waals surface area (Å²) >= 11 is 0. The second-order valence-corrected chi connectivity index (χ2v) is 11.7. The first-order chi connectivity index (χ1) is 24.2. The summed E-state index contributed by atoms with van der Waals surface area (Å²) < 4.78 is 55.2. The third kappa shape index (κ3) is 10.1. The van der Waals surface area contributed by atoms with Gasteiger partial charge < -0.3 is 47.4 Å². The number of hydrogen-bond donors (Lipinski definition) is 0. The van der Waals surface area contributed by atoms with E-state index < -0.39 is 103 Å². The van der Waals surface area contributed by atoms with Crippen molar-refractivity contribution in [3.05, 3.63) is 47.7 Å². The second-order valence-electron chi connectivity index (χ2n) is 11.7. The highest BCUT2D eigenvalue weighted by atomic mass is 16.8. The van der Waals surface area contributed by atoms with Crippen LogP contribution in [-0.4, -0.2) is 98.6 Å². The van der Waals surface area contributed by atoms with Crippen molar-refractivity contribution < 1.29 is 80.9 Å². The Hall–Kier alpha value is -5.29. The zero-order valence-electron chi connectivity index (χ0n) is 28.6. The van der Waals surface area contributed by atoms with Crippen LogP contribution >= 0.6 is 0 Å². The maximum absolute atomic E-state index is 12.8. The van der Waals surface area contributed by atoms with E-state index in [1.165, 1.54) is 32.2 Å². The minimum absolute atomic E-state index is 0.0674. The van der Waals surface area contributed by atoms with Crippen LogP contribution in [0.4, 0.5) is 0 Å². The van der Waals surface area contributed by atoms with Crippen LogP contribution in [0.25, 0.3) is 6.08 Å². The highest BCUT2D eigenvalue weighted by molar-refractivity contribution is 5.90. The standard InChI is InChI=1S/C34H38O17/c1-16-28-23(13-27(40)45-16)24(32(41)42-6)14-44-33(28)51-34-31(49-20(5)38)30(48-19(4)37)29(47-18(3)36)25(50-34)15-43-26(39)12-9-21-7-10-22(11-8-21)46-17(2)35/h7-12,14,16,23,25,28-31,33-34H,13,15H2,1-6H3/b12-9-/t16-,23-,25-,28-,29-,30+,31-,33+,34+/m1/s1. The molecule has 17 nitrogen and oxygen atoms in total. The fourth-order valence-corrected chi connectivity index (χ4v) is 5.88. The molecule has 3 heterocycles. The van der Waals surface area contributed by atoms with Crippen molar-refractivity contribution in [1.29, 1.82) is 0 Å². The Morgan fingerprint density at radius 2 is 1.47 bits per heavy atom. The molecular formula is C34H38O17. The molecule has 1 aromatic carbocycles. The summed E-state index contributed by atoms with van der Waals surface area (Å²) in [6.45, 7) is 5.50. The number of rotatable bonds is 11. The first-order valence-corrected chi connectivity index (χ1v) is 15.8. The number of fused-ring (bicyclic) bond motifs is 1. The zero-order valence-corrected chi connectivity index (χ0v) is 28.6. The van der Waals surface area contributed by atoms with Gasteiger partial charge in [-0.1, -0.05) is 12.1 Å². The third-order valence-electron chi connectivity index (χ3n) is 7.88. The predicted octanol–water partition coefficient (Wildman–Crippen LogP) is 1.69. The second kappa shape index (κ2) is 17.1. The van der Waals surface area contributed by atoms with Crippen LogP contribution in [0.15, 0.2) is 42.2 Å². The Morgan fingerprint density at radius 3 is 2.08 bits per heavy atom. The highest BCUT2D eigenvalue weighted by Crippen LogP contribution is 2.42. The van der Waals surface area contributed by atoms with Crippen LogP contribution in [0.2, 0.25) is 0 Å². The van der Waals surface area contributed by atoms with Crippen LogP contribution in [0.1, 0.15) is 46.6 Å². The van der Waals surface area contributed by atoms with Gasteiger partial charge in [0.15, 0.2) is 18.3 Å². The van der Waals surface area contributed by atoms with Crippen LogP contribution in [0.5, 0.6) is 5.75 Å². The molecule has 0 radical (unpaired) electrons. The van der Waals surface area contributed by atoms with E-state index in [0.717, 1.165) is 33.1 Å². The van der Waals surface area contributed by atoms with E-state index in [1.54, 1.807) is 19.1 Å². The largest absolute Gasteiger partial charge is 0.471 e. The molecule has 0 amide bonds. The molecular weight excluding hydrogens is 680 g/mol. The van der Waals surface area contributed by atoms with E-state index in [1.807, 2.05) is 0 Å². The van der Waals surface area contributed by atoms with Crippen LogP contribution in [0.3, 0.4) is 0 Å². The Morgan fingerprint density at radius 1 is 0.843 bits per heavy atom. The summed E-state index contributed by atoms with van der Waals surface area (Å²) in [7, 11) is 1.17. The lowest BCUT2D eigenvalue weighted by atomic mass is 9.77. The van der Waals surface area contributed by atoms with Gasteiger partial charge in [-0.3, -0.25) is 24.0 Å². The molecule has 17 heteroatoms. The maximum atomic E-state index is 12.8. The number of ether oxygens (including phenoxy) is 10. The van der Waals surface area contributed by atoms with Crippen molar-refractivity contribution in [1.82, 2.24) is 0 Å². The van der Waals surface area contributed by atoms with E-state index in [9.17, 15) is 33.6 Å². The van der Waals surface area contributed by atoms with Crippen molar-refractivity contribution in [3.8, 4) is 5.75 Å². The smallest absolute Gasteiger partial charge is 0.337 e. The minimum atomic E-state index is -1.62. The lowest BCUT2D eigenvalue weighted by Gasteiger charge is -2.47. The Labute approximate surface area is 292 Å². The number of benzene rings is 1. The molecule has 0 aliphatic carbocycles. The summed E-state index contributed by atoms with van der Waals surface area (Å²) in [5, 5.41) is 0. The van der Waals surface area contributed by atoms with E-state index in [0.29, 0.717) is 11.3 Å². The molecule has 2 fully saturated rings. The number of carbonyl (C=O) groups excluding carboxylic acids is 7. The van der Waals surface area contributed by atoms with E-state index in [2.05, 4.69) is 0 Å². The van der Waals surface area contributed by atoms with Gasteiger partial charge in [0.2, 0.25) is 12.6 Å². The van der Waals surface area contributed by atoms with Crippen molar-refractivity contribution in [3.63, 3.8) is 0 Å². The van der Waals surface area contributed by atoms with Gasteiger partial charge in [-0.05, 0) is 30.7 Å². The lowest BCUT2D eigenvalue weighted by Crippen LogP contribution is -2.64. The van der Waals surface area contributed by atoms with Crippen LogP contribution in [-0.2, 0) is 76.2 Å². The summed E-state index contributed by atoms with van der Waals surface area (Å²) in [5.41, 5.74) is 0.637. The molecule has 0 bridgehead atoms. The third-order valence-corrected chi connectivity index (χ3v) is 7.88. The maximum Gasteiger partial charge on any atom is 0.337 e. The lowest BCUT2D eigenvalue weighted by molar-refractivity contribution is -0.348. The quantitative estimate of drug-likeness (QED) is 0.138. The minimum Gasteiger partial charge on any atom is -0.471 e. The summed E-state index contributed by atoms with van der Waals surface area (Å²) in [6.07, 6.45) is -6.27. The van der Waals surface area contributed by atoms with E-state index >= 15 is 0 Å². The molecule has 0 saturated carbocycles. The molecule has 0 aromatic heterocycles. The van der Waals surface area contributed by atoms with Gasteiger partial charge in [-0.15, -0.1) is 0 Å². The van der Waals surface area contributed by atoms with Crippen LogP contribution < -0.4 is 4.74 Å². The van der Waals surface area contributed by atoms with Gasteiger partial charge in [-0.25, -0.2) is 9.59 Å². The van der Waals surface area contributed by atoms with E-state index in [4.69, 9.17) is 47.4 Å². The van der Waals surface area contributed by atoms with Gasteiger partial charge in [0.1, 0.15) is 24.6 Å². The summed E-state index contributed by atoms with van der Waals surface area (Å²) in [5.74, 6) is -6.40. The van der Waals surface area contributed by atoms with Gasteiger partial charge in [0, 0.05) is 39.7 Å². The number of methoxy groups -OCH3 is 1. The zero-order chi connectivity index (χ0) is 37.4. The molecule has 4 rings (SSSR count). The monoisotopic (exact) mass is 718 g/mol. The van der Waals surface area contributed by atoms with Crippen molar-refractivity contribution in [2.45, 2.75) is 84.1 Å². The number of carbonyl (C=O) groups is 7. The summed E-state index contributed by atoms with van der Waals surface area (Å²) in [6, 6.07) is 6.25. The Bertz CT molecular complexity index is 1560. The molecule has 2 saturated heterocycles. The molecule has 51 heavy (non-hydrogen) atoms. The van der Waals surface area contributed by atoms with Crippen molar-refractivity contribution >= 4 is 47.9 Å². The molecule has 9 atom stereocenters. The summed E-state index contributed by atoms with van der Waals surface area (Å²) in [4.78, 5) is 85.6. The highest BCUT2D eigenvalue weighted by Gasteiger charge is 2.56. The first kappa shape index (κ1) is 38.5. The molecule has 1 aromatic rings. The number of hydrogen-bond acceptors (Lipinski definition) is 17. The topological polar surface area (TPSA) is 212 Å². The molecule has 3 aliphatic heterocycles. The average molecular weight is 719 g/mol. The van der Waals surface area contributed by atoms with Crippen molar-refractivity contribution in [2.75, 3.05) is 13.7 Å². The fraction of sp³-hybridized carbons (Fsp3) is 0.500. The van der Waals surface area contributed by atoms with Gasteiger partial charge in [-0.2, -0.15) is 0 Å². The fourth-order valence-electron chi connectivity index (χ4n) is 5.88. The molecule has 3 aliphatic rings. The molecule has 276 valence electrons. The van der Waals surface area contributed by atoms with Crippen LogP contribution in [0, 0.1) is 11.8 Å². The first-order valence-electron chi connectivity index (χ1n) is 15.8. The van der Waals surface area contributed by atoms with Gasteiger partial charge >= 0.3 is 41.8 Å². The molecule has 0 unspecified atom stereocenters. The Kier molecular flexibility index (Phi) is 12.9. The van der Waals surface area contributed by atoms with Gasteiger partial charge in [0.25, 0.3) is 0 Å². The van der Waals surface area contributed by atoms with Gasteiger partial charge in [0.05, 0.1) is 31.3 Å².